The number of carbonyl (C=O) groups is 1. The van der Waals surface area contributed by atoms with E-state index in [9.17, 15) is 4.79 Å². The predicted molar refractivity (Wildman–Crippen MR) is 78.1 cm³/mol. The van der Waals surface area contributed by atoms with Gasteiger partial charge >= 0.3 is 6.09 Å². The van der Waals surface area contributed by atoms with Gasteiger partial charge in [0.1, 0.15) is 5.60 Å². The van der Waals surface area contributed by atoms with E-state index in [0.717, 1.165) is 37.0 Å². The van der Waals surface area contributed by atoms with Crippen LogP contribution < -0.4 is 0 Å². The van der Waals surface area contributed by atoms with Gasteiger partial charge < -0.3 is 14.4 Å². The monoisotopic (exact) mass is 367 g/mol. The van der Waals surface area contributed by atoms with Crippen LogP contribution in [0.1, 0.15) is 33.6 Å². The van der Waals surface area contributed by atoms with Crippen molar-refractivity contribution in [3.05, 3.63) is 0 Å². The summed E-state index contributed by atoms with van der Waals surface area (Å²) in [6.07, 6.45) is 2.30. The quantitative estimate of drug-likeness (QED) is 0.529. The third-order valence-electron chi connectivity index (χ3n) is 3.55. The Hall–Kier alpha value is -0.0400. The zero-order chi connectivity index (χ0) is 13.4. The number of carbonyl (C=O) groups excluding carboxylic acids is 1. The van der Waals surface area contributed by atoms with Gasteiger partial charge in [-0.05, 0) is 33.6 Å². The van der Waals surface area contributed by atoms with E-state index in [2.05, 4.69) is 22.6 Å². The second-order valence-corrected chi connectivity index (χ2v) is 7.32. The Bertz CT molecular complexity index is 329. The molecular formula is C13H22INO3. The molecule has 2 aliphatic rings. The van der Waals surface area contributed by atoms with E-state index >= 15 is 0 Å². The summed E-state index contributed by atoms with van der Waals surface area (Å²) >= 11 is 2.37. The molecule has 18 heavy (non-hydrogen) atoms. The van der Waals surface area contributed by atoms with E-state index < -0.39 is 5.60 Å². The van der Waals surface area contributed by atoms with Crippen LogP contribution in [0.15, 0.2) is 0 Å². The van der Waals surface area contributed by atoms with Crippen molar-refractivity contribution in [1.29, 1.82) is 0 Å². The van der Waals surface area contributed by atoms with Crippen LogP contribution in [0, 0.1) is 5.41 Å². The fourth-order valence-electron chi connectivity index (χ4n) is 2.70. The van der Waals surface area contributed by atoms with Crippen molar-refractivity contribution in [3.8, 4) is 0 Å². The Kier molecular flexibility index (Phi) is 4.11. The molecule has 0 bridgehead atoms. The van der Waals surface area contributed by atoms with Crippen LogP contribution in [0.2, 0.25) is 0 Å². The fraction of sp³-hybridized carbons (Fsp3) is 0.923. The normalized spacial score (nSPS) is 32.2. The first kappa shape index (κ1) is 14.4. The second-order valence-electron chi connectivity index (χ2n) is 6.44. The minimum Gasteiger partial charge on any atom is -0.444 e. The number of nitrogens with zero attached hydrogens (tertiary/aromatic N) is 1. The van der Waals surface area contributed by atoms with Crippen molar-refractivity contribution < 1.29 is 14.3 Å². The lowest BCUT2D eigenvalue weighted by Gasteiger charge is -2.26. The summed E-state index contributed by atoms with van der Waals surface area (Å²) in [5.74, 6) is 0. The maximum Gasteiger partial charge on any atom is 0.410 e. The molecule has 0 saturated carbocycles. The molecule has 2 atom stereocenters. The molecule has 0 aromatic heterocycles. The van der Waals surface area contributed by atoms with Crippen LogP contribution >= 0.6 is 22.6 Å². The largest absolute Gasteiger partial charge is 0.444 e. The zero-order valence-corrected chi connectivity index (χ0v) is 13.5. The van der Waals surface area contributed by atoms with Gasteiger partial charge in [0.25, 0.3) is 0 Å². The predicted octanol–water partition coefficient (Wildman–Crippen LogP) is 2.84. The fourth-order valence-corrected chi connectivity index (χ4v) is 3.26. The van der Waals surface area contributed by atoms with Crippen LogP contribution in [-0.4, -0.2) is 46.8 Å². The van der Waals surface area contributed by atoms with Crippen LogP contribution in [0.4, 0.5) is 4.79 Å². The molecule has 0 aliphatic carbocycles. The Morgan fingerprint density at radius 3 is 2.83 bits per heavy atom. The van der Waals surface area contributed by atoms with Crippen molar-refractivity contribution in [3.63, 3.8) is 0 Å². The summed E-state index contributed by atoms with van der Waals surface area (Å²) in [6, 6.07) is 0. The number of alkyl halides is 1. The molecule has 0 aromatic rings. The van der Waals surface area contributed by atoms with E-state index in [1.165, 1.54) is 0 Å². The highest BCUT2D eigenvalue weighted by Gasteiger charge is 2.46. The molecule has 2 heterocycles. The van der Waals surface area contributed by atoms with Crippen molar-refractivity contribution in [2.24, 2.45) is 5.41 Å². The van der Waals surface area contributed by atoms with Gasteiger partial charge in [0.2, 0.25) is 0 Å². The second kappa shape index (κ2) is 5.15. The lowest BCUT2D eigenvalue weighted by molar-refractivity contribution is 0.0269. The molecule has 5 heteroatoms. The topological polar surface area (TPSA) is 38.8 Å². The molecule has 2 aliphatic heterocycles. The molecule has 2 unspecified atom stereocenters. The highest BCUT2D eigenvalue weighted by Crippen LogP contribution is 2.41. The smallest absolute Gasteiger partial charge is 0.410 e. The van der Waals surface area contributed by atoms with Gasteiger partial charge in [0.15, 0.2) is 0 Å². The molecule has 2 fully saturated rings. The minimum absolute atomic E-state index is 0.183. The lowest BCUT2D eigenvalue weighted by Crippen LogP contribution is -2.37. The molecule has 1 amide bonds. The maximum atomic E-state index is 12.0. The lowest BCUT2D eigenvalue weighted by atomic mass is 9.85. The third kappa shape index (κ3) is 3.29. The van der Waals surface area contributed by atoms with Gasteiger partial charge in [-0.1, -0.05) is 22.6 Å². The molecule has 104 valence electrons. The molecule has 4 nitrogen and oxygen atoms in total. The van der Waals surface area contributed by atoms with Gasteiger partial charge in [-0.2, -0.15) is 0 Å². The number of rotatable bonds is 1. The van der Waals surface area contributed by atoms with Crippen molar-refractivity contribution in [2.45, 2.75) is 45.3 Å². The van der Waals surface area contributed by atoms with Gasteiger partial charge in [-0.25, -0.2) is 4.79 Å². The van der Waals surface area contributed by atoms with Crippen molar-refractivity contribution in [1.82, 2.24) is 4.90 Å². The molecule has 2 saturated heterocycles. The van der Waals surface area contributed by atoms with E-state index in [0.29, 0.717) is 6.10 Å². The molecule has 0 aromatic carbocycles. The van der Waals surface area contributed by atoms with Crippen molar-refractivity contribution >= 4 is 28.7 Å². The highest BCUT2D eigenvalue weighted by molar-refractivity contribution is 14.1. The standard InChI is InChI=1S/C13H22INO3/c1-12(2,3)18-11(16)15-5-4-13(8-15)6-10(7-14)17-9-13/h10H,4-9H2,1-3H3. The number of halogens is 1. The van der Waals surface area contributed by atoms with Crippen LogP contribution in [0.3, 0.4) is 0 Å². The molecule has 1 spiro atoms. The molecule has 0 radical (unpaired) electrons. The number of hydrogen-bond acceptors (Lipinski definition) is 3. The van der Waals surface area contributed by atoms with E-state index in [1.807, 2.05) is 25.7 Å². The van der Waals surface area contributed by atoms with E-state index in [4.69, 9.17) is 9.47 Å². The average Bonchev–Trinajstić information content (AvgIpc) is 2.84. The minimum atomic E-state index is -0.413. The zero-order valence-electron chi connectivity index (χ0n) is 11.4. The first-order valence-corrected chi connectivity index (χ1v) is 8.02. The van der Waals surface area contributed by atoms with E-state index in [-0.39, 0.29) is 11.5 Å². The number of amides is 1. The van der Waals surface area contributed by atoms with Crippen molar-refractivity contribution in [2.75, 3.05) is 24.1 Å². The van der Waals surface area contributed by atoms with Crippen LogP contribution in [0.5, 0.6) is 0 Å². The Morgan fingerprint density at radius 2 is 2.28 bits per heavy atom. The van der Waals surface area contributed by atoms with Gasteiger partial charge in [-0.3, -0.25) is 0 Å². The third-order valence-corrected chi connectivity index (χ3v) is 4.53. The Morgan fingerprint density at radius 1 is 1.56 bits per heavy atom. The SMILES string of the molecule is CC(C)(C)OC(=O)N1CCC2(COC(CI)C2)C1. The van der Waals surface area contributed by atoms with Gasteiger partial charge in [-0.15, -0.1) is 0 Å². The van der Waals surface area contributed by atoms with Crippen LogP contribution in [0.25, 0.3) is 0 Å². The summed E-state index contributed by atoms with van der Waals surface area (Å²) < 4.78 is 12.2. The molecule has 2 rings (SSSR count). The summed E-state index contributed by atoms with van der Waals surface area (Å²) in [5, 5.41) is 0. The highest BCUT2D eigenvalue weighted by atomic mass is 127. The first-order chi connectivity index (χ1) is 8.34. The van der Waals surface area contributed by atoms with Gasteiger partial charge in [0.05, 0.1) is 12.7 Å². The number of likely N-dealkylation sites (tertiary alicyclic amines) is 1. The summed E-state index contributed by atoms with van der Waals surface area (Å²) in [6.45, 7) is 8.09. The molecule has 0 N–H and O–H groups in total. The first-order valence-electron chi connectivity index (χ1n) is 6.49. The maximum absolute atomic E-state index is 12.0. The molecular weight excluding hydrogens is 345 g/mol. The summed E-state index contributed by atoms with van der Waals surface area (Å²) in [4.78, 5) is 13.9. The average molecular weight is 367 g/mol. The number of ether oxygens (including phenoxy) is 2. The van der Waals surface area contributed by atoms with Crippen LogP contribution in [-0.2, 0) is 9.47 Å². The number of hydrogen-bond donors (Lipinski definition) is 0. The van der Waals surface area contributed by atoms with E-state index in [1.54, 1.807) is 0 Å². The van der Waals surface area contributed by atoms with Gasteiger partial charge in [0, 0.05) is 22.9 Å². The Balaban J connectivity index is 1.91. The Labute approximate surface area is 123 Å². The summed E-state index contributed by atoms with van der Waals surface area (Å²) in [7, 11) is 0. The summed E-state index contributed by atoms with van der Waals surface area (Å²) in [5.41, 5.74) is -0.226.